The van der Waals surface area contributed by atoms with Gasteiger partial charge in [-0.25, -0.2) is 4.79 Å². The highest BCUT2D eigenvalue weighted by atomic mass is 16.6. The Kier molecular flexibility index (Phi) is 3.43. The molecular weight excluding hydrogens is 264 g/mol. The number of rotatable bonds is 3. The maximum atomic E-state index is 11.6. The summed E-state index contributed by atoms with van der Waals surface area (Å²) in [6.45, 7) is 0.0577. The van der Waals surface area contributed by atoms with Crippen molar-refractivity contribution in [3.05, 3.63) is 72.5 Å². The number of nitrogens with zero attached hydrogens (tertiary/aromatic N) is 3. The largest absolute Gasteiger partial charge is 0.350 e. The van der Waals surface area contributed by atoms with Gasteiger partial charge < -0.3 is 0 Å². The molecular formula is C12H8N4O4. The van der Waals surface area contributed by atoms with Gasteiger partial charge in [0.1, 0.15) is 0 Å². The summed E-state index contributed by atoms with van der Waals surface area (Å²) in [6.07, 6.45) is 0.902. The lowest BCUT2D eigenvalue weighted by atomic mass is 10.1. The average molecular weight is 272 g/mol. The molecule has 0 saturated carbocycles. The zero-order valence-corrected chi connectivity index (χ0v) is 10.1. The predicted octanol–water partition coefficient (Wildman–Crippen LogP) is 0.365. The van der Waals surface area contributed by atoms with E-state index in [1.807, 2.05) is 11.1 Å². The molecule has 1 aromatic carbocycles. The van der Waals surface area contributed by atoms with Crippen molar-refractivity contribution in [2.24, 2.45) is 0 Å². The van der Waals surface area contributed by atoms with E-state index in [-0.39, 0.29) is 6.54 Å². The Bertz CT molecular complexity index is 811. The Labute approximate surface area is 111 Å². The maximum Gasteiger partial charge on any atom is 0.350 e. The van der Waals surface area contributed by atoms with Gasteiger partial charge in [-0.05, 0) is 17.7 Å². The molecule has 1 aromatic heterocycles. The number of hydrogen-bond donors (Lipinski definition) is 1. The van der Waals surface area contributed by atoms with Crippen LogP contribution in [0.15, 0.2) is 40.1 Å². The van der Waals surface area contributed by atoms with Gasteiger partial charge in [0, 0.05) is 0 Å². The van der Waals surface area contributed by atoms with Crippen molar-refractivity contribution in [1.82, 2.24) is 9.55 Å². The van der Waals surface area contributed by atoms with Crippen molar-refractivity contribution < 1.29 is 4.92 Å². The van der Waals surface area contributed by atoms with E-state index in [1.165, 1.54) is 0 Å². The van der Waals surface area contributed by atoms with Crippen molar-refractivity contribution in [2.75, 3.05) is 0 Å². The van der Waals surface area contributed by atoms with E-state index in [0.29, 0.717) is 11.1 Å². The molecule has 0 unspecified atom stereocenters. The lowest BCUT2D eigenvalue weighted by molar-refractivity contribution is -0.386. The molecule has 0 aliphatic heterocycles. The van der Waals surface area contributed by atoms with Gasteiger partial charge in [-0.3, -0.25) is 24.5 Å². The number of nitro groups is 1. The number of nitriles is 1. The Morgan fingerprint density at radius 2 is 1.95 bits per heavy atom. The first kappa shape index (κ1) is 13.2. The average Bonchev–Trinajstić information content (AvgIpc) is 2.42. The number of H-pyrrole nitrogens is 1. The first-order valence-corrected chi connectivity index (χ1v) is 5.48. The molecule has 1 N–H and O–H groups in total. The van der Waals surface area contributed by atoms with E-state index in [9.17, 15) is 19.7 Å². The van der Waals surface area contributed by atoms with Gasteiger partial charge >= 0.3 is 16.9 Å². The Balaban J connectivity index is 2.40. The molecule has 0 spiro atoms. The van der Waals surface area contributed by atoms with Gasteiger partial charge in [-0.2, -0.15) is 5.26 Å². The van der Waals surface area contributed by atoms with Gasteiger partial charge in [-0.1, -0.05) is 12.1 Å². The summed E-state index contributed by atoms with van der Waals surface area (Å²) in [4.78, 5) is 34.5. The number of hydrogen-bond acceptors (Lipinski definition) is 5. The van der Waals surface area contributed by atoms with Crippen molar-refractivity contribution in [2.45, 2.75) is 6.54 Å². The summed E-state index contributed by atoms with van der Waals surface area (Å²) >= 11 is 0. The Hall–Kier alpha value is -3.21. The molecule has 0 aliphatic rings. The van der Waals surface area contributed by atoms with Crippen LogP contribution in [0.3, 0.4) is 0 Å². The highest BCUT2D eigenvalue weighted by Crippen LogP contribution is 2.06. The molecule has 0 amide bonds. The second-order valence-corrected chi connectivity index (χ2v) is 3.97. The zero-order valence-electron chi connectivity index (χ0n) is 10.1. The fourth-order valence-corrected chi connectivity index (χ4v) is 1.63. The third-order valence-electron chi connectivity index (χ3n) is 2.62. The summed E-state index contributed by atoms with van der Waals surface area (Å²) in [5.41, 5.74) is -1.32. The molecule has 0 atom stereocenters. The first-order chi connectivity index (χ1) is 9.51. The van der Waals surface area contributed by atoms with Crippen molar-refractivity contribution in [3.8, 4) is 6.07 Å². The molecule has 0 saturated heterocycles. The minimum atomic E-state index is -1.03. The number of nitrogens with one attached hydrogen (secondary N) is 1. The Morgan fingerprint density at radius 1 is 1.30 bits per heavy atom. The summed E-state index contributed by atoms with van der Waals surface area (Å²) < 4.78 is 1.03. The van der Waals surface area contributed by atoms with E-state index in [2.05, 4.69) is 0 Å². The van der Waals surface area contributed by atoms with E-state index in [1.54, 1.807) is 24.3 Å². The smallest absolute Gasteiger partial charge is 0.289 e. The standard InChI is InChI=1S/C12H8N4O4/c13-5-8-1-3-9(4-2-8)6-15-7-10(16(19)20)11(17)14-12(15)18/h1-4,7H,6H2,(H,14,17,18). The number of benzene rings is 1. The van der Waals surface area contributed by atoms with Crippen molar-refractivity contribution in [1.29, 1.82) is 5.26 Å². The van der Waals surface area contributed by atoms with Crippen molar-refractivity contribution in [3.63, 3.8) is 0 Å². The molecule has 2 aromatic rings. The summed E-state index contributed by atoms with van der Waals surface area (Å²) in [6, 6.07) is 8.35. The van der Waals surface area contributed by atoms with Crippen LogP contribution in [-0.2, 0) is 6.54 Å². The van der Waals surface area contributed by atoms with Crippen LogP contribution in [0.1, 0.15) is 11.1 Å². The molecule has 0 radical (unpaired) electrons. The van der Waals surface area contributed by atoms with E-state index >= 15 is 0 Å². The molecule has 0 bridgehead atoms. The van der Waals surface area contributed by atoms with Gasteiger partial charge in [-0.15, -0.1) is 0 Å². The molecule has 8 nitrogen and oxygen atoms in total. The maximum absolute atomic E-state index is 11.6. The lowest BCUT2D eigenvalue weighted by Gasteiger charge is -2.04. The third-order valence-corrected chi connectivity index (χ3v) is 2.62. The second kappa shape index (κ2) is 5.19. The fraction of sp³-hybridized carbons (Fsp3) is 0.0833. The van der Waals surface area contributed by atoms with Gasteiger partial charge in [0.25, 0.3) is 0 Å². The van der Waals surface area contributed by atoms with Gasteiger partial charge in [0.2, 0.25) is 0 Å². The zero-order chi connectivity index (χ0) is 14.7. The minimum absolute atomic E-state index is 0.0577. The van der Waals surface area contributed by atoms with E-state index < -0.39 is 21.9 Å². The first-order valence-electron chi connectivity index (χ1n) is 5.48. The topological polar surface area (TPSA) is 122 Å². The van der Waals surface area contributed by atoms with Crippen LogP contribution in [0.5, 0.6) is 0 Å². The van der Waals surface area contributed by atoms with E-state index in [4.69, 9.17) is 5.26 Å². The number of aromatic nitrogens is 2. The fourth-order valence-electron chi connectivity index (χ4n) is 1.63. The summed E-state index contributed by atoms with van der Waals surface area (Å²) in [5.74, 6) is 0. The third kappa shape index (κ3) is 2.62. The Morgan fingerprint density at radius 3 is 2.50 bits per heavy atom. The highest BCUT2D eigenvalue weighted by molar-refractivity contribution is 5.32. The van der Waals surface area contributed by atoms with Crippen LogP contribution < -0.4 is 11.2 Å². The quantitative estimate of drug-likeness (QED) is 0.638. The van der Waals surface area contributed by atoms with Crippen LogP contribution in [-0.4, -0.2) is 14.5 Å². The van der Waals surface area contributed by atoms with Crippen molar-refractivity contribution >= 4 is 5.69 Å². The van der Waals surface area contributed by atoms with Crippen LogP contribution >= 0.6 is 0 Å². The highest BCUT2D eigenvalue weighted by Gasteiger charge is 2.14. The van der Waals surface area contributed by atoms with Gasteiger partial charge in [0.05, 0.1) is 29.3 Å². The molecule has 1 heterocycles. The van der Waals surface area contributed by atoms with Crippen LogP contribution in [0.25, 0.3) is 0 Å². The minimum Gasteiger partial charge on any atom is -0.289 e. The summed E-state index contributed by atoms with van der Waals surface area (Å²) in [7, 11) is 0. The molecule has 100 valence electrons. The lowest BCUT2D eigenvalue weighted by Crippen LogP contribution is -2.31. The van der Waals surface area contributed by atoms with Crippen LogP contribution in [0.4, 0.5) is 5.69 Å². The van der Waals surface area contributed by atoms with Gasteiger partial charge in [0.15, 0.2) is 0 Å². The molecule has 0 aliphatic carbocycles. The predicted molar refractivity (Wildman–Crippen MR) is 68.2 cm³/mol. The molecule has 8 heteroatoms. The molecule has 2 rings (SSSR count). The van der Waals surface area contributed by atoms with E-state index in [0.717, 1.165) is 10.8 Å². The summed E-state index contributed by atoms with van der Waals surface area (Å²) in [5, 5.41) is 19.3. The molecule has 0 fully saturated rings. The second-order valence-electron chi connectivity index (χ2n) is 3.97. The van der Waals surface area contributed by atoms with Crippen LogP contribution in [0, 0.1) is 21.4 Å². The van der Waals surface area contributed by atoms with Crippen LogP contribution in [0.2, 0.25) is 0 Å². The number of aromatic amines is 1. The normalized spacial score (nSPS) is 9.95. The molecule has 20 heavy (non-hydrogen) atoms. The SMILES string of the molecule is N#Cc1ccc(Cn2cc([N+](=O)[O-])c(=O)[nH]c2=O)cc1. The monoisotopic (exact) mass is 272 g/mol.